The van der Waals surface area contributed by atoms with Crippen LogP contribution in [0, 0.1) is 0 Å². The second-order valence-corrected chi connectivity index (χ2v) is 4.31. The zero-order valence-electron chi connectivity index (χ0n) is 9.21. The molecule has 2 unspecified atom stereocenters. The predicted octanol–water partition coefficient (Wildman–Crippen LogP) is 3.10. The first kappa shape index (κ1) is 11.5. The first-order chi connectivity index (χ1) is 6.69. The lowest BCUT2D eigenvalue weighted by atomic mass is 9.96. The highest BCUT2D eigenvalue weighted by Gasteiger charge is 2.08. The summed E-state index contributed by atoms with van der Waals surface area (Å²) in [5.41, 5.74) is 1.39. The van der Waals surface area contributed by atoms with Crippen LogP contribution in [0.1, 0.15) is 38.2 Å². The SMILES string of the molecule is CCCC(C)c1cc(OC)ccc1P. The molecule has 1 nitrogen and oxygen atoms in total. The molecule has 0 bridgehead atoms. The summed E-state index contributed by atoms with van der Waals surface area (Å²) in [4.78, 5) is 0. The molecule has 0 aliphatic heterocycles. The Kier molecular flexibility index (Phi) is 4.41. The Balaban J connectivity index is 2.93. The fraction of sp³-hybridized carbons (Fsp3) is 0.500. The van der Waals surface area contributed by atoms with Crippen molar-refractivity contribution >= 4 is 14.5 Å². The summed E-state index contributed by atoms with van der Waals surface area (Å²) in [5.74, 6) is 1.57. The van der Waals surface area contributed by atoms with Crippen LogP contribution in [0.4, 0.5) is 0 Å². The fourth-order valence-electron chi connectivity index (χ4n) is 1.70. The lowest BCUT2D eigenvalue weighted by molar-refractivity contribution is 0.414. The van der Waals surface area contributed by atoms with Crippen LogP contribution >= 0.6 is 9.24 Å². The average molecular weight is 210 g/mol. The second-order valence-electron chi connectivity index (χ2n) is 3.68. The molecule has 1 aromatic carbocycles. The van der Waals surface area contributed by atoms with Gasteiger partial charge < -0.3 is 4.74 Å². The van der Waals surface area contributed by atoms with Crippen molar-refractivity contribution in [3.05, 3.63) is 23.8 Å². The van der Waals surface area contributed by atoms with Gasteiger partial charge in [-0.05, 0) is 35.3 Å². The first-order valence-corrected chi connectivity index (χ1v) is 5.70. The Hall–Kier alpha value is -0.550. The summed E-state index contributed by atoms with van der Waals surface area (Å²) in [7, 11) is 4.51. The van der Waals surface area contributed by atoms with Crippen molar-refractivity contribution in [2.75, 3.05) is 7.11 Å². The molecule has 78 valence electrons. The lowest BCUT2D eigenvalue weighted by Crippen LogP contribution is -2.06. The van der Waals surface area contributed by atoms with Gasteiger partial charge in [0.1, 0.15) is 5.75 Å². The zero-order valence-corrected chi connectivity index (χ0v) is 10.4. The van der Waals surface area contributed by atoms with Crippen molar-refractivity contribution in [2.45, 2.75) is 32.6 Å². The minimum atomic E-state index is 0.614. The molecule has 2 heteroatoms. The minimum absolute atomic E-state index is 0.614. The van der Waals surface area contributed by atoms with E-state index in [0.717, 1.165) is 5.75 Å². The van der Waals surface area contributed by atoms with Crippen molar-refractivity contribution < 1.29 is 4.74 Å². The van der Waals surface area contributed by atoms with Crippen LogP contribution in [-0.4, -0.2) is 7.11 Å². The number of hydrogen-bond donors (Lipinski definition) is 0. The highest BCUT2D eigenvalue weighted by atomic mass is 31.0. The van der Waals surface area contributed by atoms with Gasteiger partial charge in [-0.3, -0.25) is 0 Å². The van der Waals surface area contributed by atoms with Gasteiger partial charge in [-0.25, -0.2) is 0 Å². The highest BCUT2D eigenvalue weighted by molar-refractivity contribution is 7.27. The van der Waals surface area contributed by atoms with Gasteiger partial charge in [0.15, 0.2) is 0 Å². The third-order valence-electron chi connectivity index (χ3n) is 2.55. The van der Waals surface area contributed by atoms with Crippen LogP contribution in [0.5, 0.6) is 5.75 Å². The Labute approximate surface area is 89.1 Å². The number of ether oxygens (including phenoxy) is 1. The van der Waals surface area contributed by atoms with Crippen molar-refractivity contribution in [1.29, 1.82) is 0 Å². The lowest BCUT2D eigenvalue weighted by Gasteiger charge is -2.14. The van der Waals surface area contributed by atoms with E-state index in [0.29, 0.717) is 5.92 Å². The van der Waals surface area contributed by atoms with Gasteiger partial charge in [-0.15, -0.1) is 9.24 Å². The van der Waals surface area contributed by atoms with Crippen molar-refractivity contribution in [3.63, 3.8) is 0 Å². The molecule has 0 amide bonds. The van der Waals surface area contributed by atoms with E-state index in [1.54, 1.807) is 7.11 Å². The molecule has 0 radical (unpaired) electrons. The van der Waals surface area contributed by atoms with E-state index in [-0.39, 0.29) is 0 Å². The number of hydrogen-bond acceptors (Lipinski definition) is 1. The van der Waals surface area contributed by atoms with Crippen LogP contribution in [0.3, 0.4) is 0 Å². The third kappa shape index (κ3) is 2.72. The quantitative estimate of drug-likeness (QED) is 0.694. The molecule has 0 N–H and O–H groups in total. The Bertz CT molecular complexity index is 296. The largest absolute Gasteiger partial charge is 0.497 e. The Morgan fingerprint density at radius 3 is 2.71 bits per heavy atom. The minimum Gasteiger partial charge on any atom is -0.497 e. The van der Waals surface area contributed by atoms with Gasteiger partial charge in [-0.2, -0.15) is 0 Å². The standard InChI is InChI=1S/C12H19OP/c1-4-5-9(2)11-8-10(13-3)6-7-12(11)14/h6-9H,4-5,14H2,1-3H3. The maximum atomic E-state index is 5.23. The smallest absolute Gasteiger partial charge is 0.119 e. The van der Waals surface area contributed by atoms with E-state index < -0.39 is 0 Å². The summed E-state index contributed by atoms with van der Waals surface area (Å²) in [6, 6.07) is 6.25. The molecule has 0 saturated heterocycles. The predicted molar refractivity (Wildman–Crippen MR) is 65.7 cm³/mol. The van der Waals surface area contributed by atoms with Crippen LogP contribution in [-0.2, 0) is 0 Å². The van der Waals surface area contributed by atoms with Gasteiger partial charge in [0.25, 0.3) is 0 Å². The highest BCUT2D eigenvalue weighted by Crippen LogP contribution is 2.23. The summed E-state index contributed by atoms with van der Waals surface area (Å²) < 4.78 is 5.23. The molecule has 0 spiro atoms. The second kappa shape index (κ2) is 5.36. The van der Waals surface area contributed by atoms with Crippen molar-refractivity contribution in [1.82, 2.24) is 0 Å². The summed E-state index contributed by atoms with van der Waals surface area (Å²) in [6.07, 6.45) is 2.46. The van der Waals surface area contributed by atoms with E-state index in [1.807, 2.05) is 6.07 Å². The number of methoxy groups -OCH3 is 1. The summed E-state index contributed by atoms with van der Waals surface area (Å²) in [6.45, 7) is 4.49. The summed E-state index contributed by atoms with van der Waals surface area (Å²) >= 11 is 0. The van der Waals surface area contributed by atoms with Gasteiger partial charge >= 0.3 is 0 Å². The molecule has 0 fully saturated rings. The average Bonchev–Trinajstić information content (AvgIpc) is 2.19. The number of benzene rings is 1. The van der Waals surface area contributed by atoms with Crippen LogP contribution in [0.25, 0.3) is 0 Å². The van der Waals surface area contributed by atoms with Gasteiger partial charge in [0.05, 0.1) is 7.11 Å². The number of rotatable bonds is 4. The Morgan fingerprint density at radius 1 is 1.43 bits per heavy atom. The van der Waals surface area contributed by atoms with Gasteiger partial charge in [0.2, 0.25) is 0 Å². The molecule has 14 heavy (non-hydrogen) atoms. The first-order valence-electron chi connectivity index (χ1n) is 5.12. The fourth-order valence-corrected chi connectivity index (χ4v) is 2.16. The maximum Gasteiger partial charge on any atom is 0.119 e. The monoisotopic (exact) mass is 210 g/mol. The normalized spacial score (nSPS) is 12.6. The van der Waals surface area contributed by atoms with Crippen LogP contribution in [0.2, 0.25) is 0 Å². The summed E-state index contributed by atoms with van der Waals surface area (Å²) in [5, 5.41) is 1.28. The Morgan fingerprint density at radius 2 is 2.14 bits per heavy atom. The van der Waals surface area contributed by atoms with Crippen molar-refractivity contribution in [2.24, 2.45) is 0 Å². The third-order valence-corrected chi connectivity index (χ3v) is 3.07. The topological polar surface area (TPSA) is 9.23 Å². The molecular weight excluding hydrogens is 191 g/mol. The zero-order chi connectivity index (χ0) is 10.6. The molecule has 0 aliphatic carbocycles. The molecular formula is C12H19OP. The molecule has 0 saturated carbocycles. The van der Waals surface area contributed by atoms with Gasteiger partial charge in [-0.1, -0.05) is 26.3 Å². The van der Waals surface area contributed by atoms with E-state index in [9.17, 15) is 0 Å². The van der Waals surface area contributed by atoms with E-state index in [2.05, 4.69) is 35.2 Å². The van der Waals surface area contributed by atoms with Gasteiger partial charge in [0, 0.05) is 0 Å². The molecule has 0 heterocycles. The molecule has 1 aromatic rings. The molecule has 0 aliphatic rings. The molecule has 2 atom stereocenters. The van der Waals surface area contributed by atoms with Crippen LogP contribution in [0.15, 0.2) is 18.2 Å². The van der Waals surface area contributed by atoms with Crippen LogP contribution < -0.4 is 10.0 Å². The van der Waals surface area contributed by atoms with E-state index in [4.69, 9.17) is 4.74 Å². The van der Waals surface area contributed by atoms with E-state index in [1.165, 1.54) is 23.7 Å². The van der Waals surface area contributed by atoms with Crippen molar-refractivity contribution in [3.8, 4) is 5.75 Å². The molecule has 1 rings (SSSR count). The molecule has 0 aromatic heterocycles. The maximum absolute atomic E-state index is 5.23. The van der Waals surface area contributed by atoms with E-state index >= 15 is 0 Å².